The molecule has 0 aliphatic rings. The third-order valence-corrected chi connectivity index (χ3v) is 12.1. The SMILES string of the molecule is C=CC(CC)(C(=O)Oc1ccc(C(C)(C)c2ccc(OC(C)(CC)CC)cc2)cc1)C(C)(CC)Oc1ccc(-c2ccc(OC(=O)C(C)(C)CC)cc2)cc1. The van der Waals surface area contributed by atoms with Crippen LogP contribution in [-0.4, -0.2) is 23.1 Å². The molecule has 0 amide bonds. The molecule has 55 heavy (non-hydrogen) atoms. The number of ether oxygens (including phenoxy) is 4. The fourth-order valence-electron chi connectivity index (χ4n) is 6.66. The molecule has 6 nitrogen and oxygen atoms in total. The van der Waals surface area contributed by atoms with E-state index in [1.807, 2.05) is 114 Å². The van der Waals surface area contributed by atoms with Crippen molar-refractivity contribution in [1.29, 1.82) is 0 Å². The largest absolute Gasteiger partial charge is 0.488 e. The zero-order valence-electron chi connectivity index (χ0n) is 35.0. The number of hydrogen-bond acceptors (Lipinski definition) is 6. The molecule has 0 fully saturated rings. The summed E-state index contributed by atoms with van der Waals surface area (Å²) in [5, 5.41) is 0. The third kappa shape index (κ3) is 9.35. The summed E-state index contributed by atoms with van der Waals surface area (Å²) in [7, 11) is 0. The highest BCUT2D eigenvalue weighted by atomic mass is 16.5. The second kappa shape index (κ2) is 17.3. The molecular formula is C49H62O6. The fourth-order valence-corrected chi connectivity index (χ4v) is 6.66. The van der Waals surface area contributed by atoms with E-state index in [2.05, 4.69) is 53.3 Å². The van der Waals surface area contributed by atoms with Gasteiger partial charge in [-0.15, -0.1) is 6.58 Å². The van der Waals surface area contributed by atoms with Crippen molar-refractivity contribution in [3.8, 4) is 34.1 Å². The van der Waals surface area contributed by atoms with Crippen molar-refractivity contribution in [3.63, 3.8) is 0 Å². The van der Waals surface area contributed by atoms with Gasteiger partial charge in [-0.05, 0) is 131 Å². The maximum absolute atomic E-state index is 14.2. The van der Waals surface area contributed by atoms with Gasteiger partial charge in [-0.25, -0.2) is 0 Å². The van der Waals surface area contributed by atoms with Crippen LogP contribution in [0.25, 0.3) is 11.1 Å². The summed E-state index contributed by atoms with van der Waals surface area (Å²) in [5.41, 5.74) is 1.11. The molecule has 4 aromatic carbocycles. The second-order valence-corrected chi connectivity index (χ2v) is 16.2. The van der Waals surface area contributed by atoms with Crippen molar-refractivity contribution < 1.29 is 28.5 Å². The number of hydrogen-bond donors (Lipinski definition) is 0. The maximum atomic E-state index is 14.2. The summed E-state index contributed by atoms with van der Waals surface area (Å²) in [6.45, 7) is 26.6. The van der Waals surface area contributed by atoms with Crippen LogP contribution in [0.3, 0.4) is 0 Å². The standard InChI is InChI=1S/C49H62O6/c1-13-45(7,8)43(50)52-39-27-19-35(20-28-39)36-21-29-42(30-22-36)55-48(12,16-4)49(17-5,18-6)44(51)53-40-31-23-37(24-32-40)46(9,10)38-25-33-41(34-26-38)54-47(11,14-2)15-3/h17,19-34H,5,13-16,18H2,1-4,6-12H3. The van der Waals surface area contributed by atoms with E-state index in [0.29, 0.717) is 36.5 Å². The lowest BCUT2D eigenvalue weighted by atomic mass is 9.69. The molecule has 4 aromatic rings. The maximum Gasteiger partial charge on any atom is 0.325 e. The molecule has 2 unspecified atom stereocenters. The van der Waals surface area contributed by atoms with Crippen LogP contribution in [0.4, 0.5) is 0 Å². The first-order chi connectivity index (χ1) is 25.9. The van der Waals surface area contributed by atoms with E-state index in [9.17, 15) is 9.59 Å². The van der Waals surface area contributed by atoms with Gasteiger partial charge in [-0.1, -0.05) is 103 Å². The zero-order chi connectivity index (χ0) is 40.7. The average molecular weight is 747 g/mol. The lowest BCUT2D eigenvalue weighted by molar-refractivity contribution is -0.155. The van der Waals surface area contributed by atoms with Crippen molar-refractivity contribution in [2.75, 3.05) is 0 Å². The summed E-state index contributed by atoms with van der Waals surface area (Å²) in [6.07, 6.45) is 5.22. The normalized spacial score (nSPS) is 14.2. The van der Waals surface area contributed by atoms with Crippen molar-refractivity contribution in [2.24, 2.45) is 10.8 Å². The minimum atomic E-state index is -1.13. The van der Waals surface area contributed by atoms with E-state index >= 15 is 0 Å². The van der Waals surface area contributed by atoms with E-state index < -0.39 is 22.4 Å². The monoisotopic (exact) mass is 746 g/mol. The van der Waals surface area contributed by atoms with E-state index in [1.54, 1.807) is 18.2 Å². The predicted octanol–water partition coefficient (Wildman–Crippen LogP) is 12.7. The number of rotatable bonds is 18. The van der Waals surface area contributed by atoms with Crippen molar-refractivity contribution >= 4 is 11.9 Å². The number of benzene rings is 4. The Bertz CT molecular complexity index is 1880. The van der Waals surface area contributed by atoms with Crippen LogP contribution >= 0.6 is 0 Å². The number of carbonyl (C=O) groups is 2. The first kappa shape index (κ1) is 42.9. The summed E-state index contributed by atoms with van der Waals surface area (Å²) < 4.78 is 24.7. The Morgan fingerprint density at radius 1 is 0.509 bits per heavy atom. The van der Waals surface area contributed by atoms with Crippen molar-refractivity contribution in [1.82, 2.24) is 0 Å². The van der Waals surface area contributed by atoms with Gasteiger partial charge in [0.05, 0.1) is 5.41 Å². The first-order valence-corrected chi connectivity index (χ1v) is 19.8. The Morgan fingerprint density at radius 2 is 0.909 bits per heavy atom. The summed E-state index contributed by atoms with van der Waals surface area (Å²) in [6, 6.07) is 31.3. The summed E-state index contributed by atoms with van der Waals surface area (Å²) >= 11 is 0. The highest BCUT2D eigenvalue weighted by Crippen LogP contribution is 2.44. The number of esters is 2. The summed E-state index contributed by atoms with van der Waals surface area (Å²) in [4.78, 5) is 26.7. The average Bonchev–Trinajstić information content (AvgIpc) is 3.19. The predicted molar refractivity (Wildman–Crippen MR) is 224 cm³/mol. The Morgan fingerprint density at radius 3 is 1.31 bits per heavy atom. The van der Waals surface area contributed by atoms with Gasteiger partial charge in [0.25, 0.3) is 0 Å². The lowest BCUT2D eigenvalue weighted by Crippen LogP contribution is -2.54. The highest BCUT2D eigenvalue weighted by Gasteiger charge is 2.53. The molecule has 2 atom stereocenters. The molecule has 0 spiro atoms. The van der Waals surface area contributed by atoms with Crippen LogP contribution in [0.2, 0.25) is 0 Å². The molecule has 0 radical (unpaired) electrons. The van der Waals surface area contributed by atoms with Gasteiger partial charge in [-0.2, -0.15) is 0 Å². The van der Waals surface area contributed by atoms with E-state index in [4.69, 9.17) is 18.9 Å². The quantitative estimate of drug-likeness (QED) is 0.0573. The molecule has 4 rings (SSSR count). The van der Waals surface area contributed by atoms with E-state index in [-0.39, 0.29) is 17.0 Å². The van der Waals surface area contributed by atoms with Crippen molar-refractivity contribution in [2.45, 2.75) is 125 Å². The van der Waals surface area contributed by atoms with Crippen LogP contribution in [0.1, 0.15) is 119 Å². The van der Waals surface area contributed by atoms with Gasteiger partial charge in [0.1, 0.15) is 39.6 Å². The van der Waals surface area contributed by atoms with Gasteiger partial charge in [0, 0.05) is 5.41 Å². The van der Waals surface area contributed by atoms with Crippen LogP contribution < -0.4 is 18.9 Å². The Labute approximate surface area is 330 Å². The van der Waals surface area contributed by atoms with Crippen LogP contribution in [0.15, 0.2) is 110 Å². The third-order valence-electron chi connectivity index (χ3n) is 12.1. The molecule has 0 saturated carbocycles. The molecular weight excluding hydrogens is 685 g/mol. The summed E-state index contributed by atoms with van der Waals surface area (Å²) in [5.74, 6) is 1.81. The highest BCUT2D eigenvalue weighted by molar-refractivity contribution is 5.83. The van der Waals surface area contributed by atoms with Gasteiger partial charge in [0.2, 0.25) is 0 Å². The van der Waals surface area contributed by atoms with Gasteiger partial charge < -0.3 is 18.9 Å². The Balaban J connectivity index is 1.47. The van der Waals surface area contributed by atoms with Crippen LogP contribution in [0, 0.1) is 10.8 Å². The molecule has 0 heterocycles. The molecule has 0 aromatic heterocycles. The Kier molecular flexibility index (Phi) is 13.5. The van der Waals surface area contributed by atoms with Gasteiger partial charge in [0.15, 0.2) is 0 Å². The molecule has 0 aliphatic carbocycles. The molecule has 6 heteroatoms. The van der Waals surface area contributed by atoms with Crippen LogP contribution in [0.5, 0.6) is 23.0 Å². The minimum absolute atomic E-state index is 0.181. The van der Waals surface area contributed by atoms with E-state index in [0.717, 1.165) is 40.8 Å². The van der Waals surface area contributed by atoms with Crippen LogP contribution in [-0.2, 0) is 15.0 Å². The Hall–Kier alpha value is -4.84. The first-order valence-electron chi connectivity index (χ1n) is 19.8. The molecule has 294 valence electrons. The minimum Gasteiger partial charge on any atom is -0.488 e. The zero-order valence-corrected chi connectivity index (χ0v) is 35.0. The van der Waals surface area contributed by atoms with Gasteiger partial charge >= 0.3 is 11.9 Å². The van der Waals surface area contributed by atoms with E-state index in [1.165, 1.54) is 0 Å². The fraction of sp³-hybridized carbons (Fsp3) is 0.429. The molecule has 0 bridgehead atoms. The second-order valence-electron chi connectivity index (χ2n) is 16.2. The van der Waals surface area contributed by atoms with Crippen molar-refractivity contribution in [3.05, 3.63) is 121 Å². The molecule has 0 saturated heterocycles. The molecule has 0 N–H and O–H groups in total. The van der Waals surface area contributed by atoms with Gasteiger partial charge in [-0.3, -0.25) is 9.59 Å². The lowest BCUT2D eigenvalue weighted by Gasteiger charge is -2.44. The topological polar surface area (TPSA) is 71.1 Å². The number of carbonyl (C=O) groups excluding carboxylic acids is 2. The molecule has 0 aliphatic heterocycles. The smallest absolute Gasteiger partial charge is 0.325 e.